The van der Waals surface area contributed by atoms with Crippen LogP contribution in [-0.2, 0) is 16.1 Å². The predicted molar refractivity (Wildman–Crippen MR) is 132 cm³/mol. The van der Waals surface area contributed by atoms with Crippen LogP contribution in [0.25, 0.3) is 21.8 Å². The molecule has 0 saturated carbocycles. The van der Waals surface area contributed by atoms with Crippen molar-refractivity contribution in [2.24, 2.45) is 0 Å². The van der Waals surface area contributed by atoms with Gasteiger partial charge in [-0.1, -0.05) is 20.8 Å². The molecule has 1 aromatic heterocycles. The molecule has 0 bridgehead atoms. The van der Waals surface area contributed by atoms with Crippen molar-refractivity contribution in [2.45, 2.75) is 71.1 Å². The fourth-order valence-corrected chi connectivity index (χ4v) is 4.72. The van der Waals surface area contributed by atoms with E-state index in [4.69, 9.17) is 23.6 Å². The van der Waals surface area contributed by atoms with Crippen molar-refractivity contribution >= 4 is 30.1 Å². The van der Waals surface area contributed by atoms with Crippen molar-refractivity contribution in [3.63, 3.8) is 0 Å². The first-order valence-corrected chi connectivity index (χ1v) is 14.4. The van der Waals surface area contributed by atoms with Gasteiger partial charge in [0.1, 0.15) is 11.5 Å². The van der Waals surface area contributed by atoms with Crippen molar-refractivity contribution in [3.05, 3.63) is 42.0 Å². The summed E-state index contributed by atoms with van der Waals surface area (Å²) in [6.45, 7) is 12.6. The van der Waals surface area contributed by atoms with Crippen LogP contribution in [0.2, 0.25) is 18.1 Å². The first kappa shape index (κ1) is 23.0. The molecule has 2 aromatic carbocycles. The van der Waals surface area contributed by atoms with Gasteiger partial charge in [0.15, 0.2) is 6.29 Å². The second kappa shape index (κ2) is 9.00. The third kappa shape index (κ3) is 4.92. The maximum Gasteiger partial charge on any atom is 0.250 e. The first-order valence-electron chi connectivity index (χ1n) is 11.5. The third-order valence-electron chi connectivity index (χ3n) is 6.70. The van der Waals surface area contributed by atoms with Gasteiger partial charge in [-0.2, -0.15) is 0 Å². The molecule has 1 aliphatic rings. The zero-order valence-electron chi connectivity index (χ0n) is 20.2. The Morgan fingerprint density at radius 1 is 1.06 bits per heavy atom. The Bertz CT molecular complexity index is 1100. The van der Waals surface area contributed by atoms with Crippen LogP contribution in [0.4, 0.5) is 0 Å². The van der Waals surface area contributed by atoms with E-state index >= 15 is 0 Å². The molecule has 0 amide bonds. The summed E-state index contributed by atoms with van der Waals surface area (Å²) in [4.78, 5) is 4.95. The van der Waals surface area contributed by atoms with Crippen LogP contribution in [0, 0.1) is 0 Å². The molecular formula is C26H35NO4Si. The normalized spacial score (nSPS) is 17.6. The van der Waals surface area contributed by atoms with Gasteiger partial charge in [-0.05, 0) is 79.4 Å². The Kier molecular flexibility index (Phi) is 6.48. The highest BCUT2D eigenvalue weighted by Crippen LogP contribution is 2.40. The van der Waals surface area contributed by atoms with Gasteiger partial charge in [0.25, 0.3) is 8.32 Å². The minimum Gasteiger partial charge on any atom is -0.543 e. The minimum absolute atomic E-state index is 0.0925. The van der Waals surface area contributed by atoms with Crippen molar-refractivity contribution in [1.82, 2.24) is 4.98 Å². The molecule has 172 valence electrons. The molecule has 6 heteroatoms. The van der Waals surface area contributed by atoms with Gasteiger partial charge in [0.2, 0.25) is 0 Å². The molecule has 5 nitrogen and oxygen atoms in total. The lowest BCUT2D eigenvalue weighted by atomic mass is 10.1. The average molecular weight is 454 g/mol. The number of nitrogens with zero attached hydrogens (tertiary/aromatic N) is 1. The molecule has 32 heavy (non-hydrogen) atoms. The van der Waals surface area contributed by atoms with Gasteiger partial charge in [0, 0.05) is 17.4 Å². The summed E-state index contributed by atoms with van der Waals surface area (Å²) < 4.78 is 24.0. The zero-order valence-corrected chi connectivity index (χ0v) is 21.2. The van der Waals surface area contributed by atoms with Gasteiger partial charge in [-0.15, -0.1) is 0 Å². The van der Waals surface area contributed by atoms with E-state index in [2.05, 4.69) is 52.1 Å². The van der Waals surface area contributed by atoms with Crippen LogP contribution >= 0.6 is 0 Å². The third-order valence-corrected chi connectivity index (χ3v) is 11.0. The first-order chi connectivity index (χ1) is 15.2. The second-order valence-electron chi connectivity index (χ2n) is 10.2. The standard InChI is InChI=1S/C26H35NO4Si/c1-26(2,3)32(5,6)31-24-14-18(17-30-25-9-7-8-12-29-25)13-23-21(24)16-19-15-20(28-4)10-11-22(19)27-23/h10-11,13-16,25H,7-9,12,17H2,1-6H3. The van der Waals surface area contributed by atoms with Gasteiger partial charge in [-0.25, -0.2) is 4.98 Å². The smallest absolute Gasteiger partial charge is 0.250 e. The number of ether oxygens (including phenoxy) is 3. The lowest BCUT2D eigenvalue weighted by Crippen LogP contribution is -2.43. The molecule has 1 saturated heterocycles. The van der Waals surface area contributed by atoms with Crippen molar-refractivity contribution < 1.29 is 18.6 Å². The summed E-state index contributed by atoms with van der Waals surface area (Å²) in [6, 6.07) is 12.4. The van der Waals surface area contributed by atoms with E-state index in [1.165, 1.54) is 0 Å². The van der Waals surface area contributed by atoms with Crippen LogP contribution in [0.1, 0.15) is 45.6 Å². The van der Waals surface area contributed by atoms with E-state index in [9.17, 15) is 0 Å². The maximum absolute atomic E-state index is 6.80. The summed E-state index contributed by atoms with van der Waals surface area (Å²) >= 11 is 0. The maximum atomic E-state index is 6.80. The van der Waals surface area contributed by atoms with E-state index in [1.807, 2.05) is 18.2 Å². The monoisotopic (exact) mass is 453 g/mol. The molecule has 0 N–H and O–H groups in total. The largest absolute Gasteiger partial charge is 0.543 e. The van der Waals surface area contributed by atoms with Crippen LogP contribution in [0.15, 0.2) is 36.4 Å². The second-order valence-corrected chi connectivity index (χ2v) is 14.9. The fourth-order valence-electron chi connectivity index (χ4n) is 3.69. The summed E-state index contributed by atoms with van der Waals surface area (Å²) in [6.07, 6.45) is 3.09. The molecule has 1 fully saturated rings. The van der Waals surface area contributed by atoms with E-state index in [1.54, 1.807) is 7.11 Å². The number of methoxy groups -OCH3 is 1. The van der Waals surface area contributed by atoms with Crippen molar-refractivity contribution in [3.8, 4) is 11.5 Å². The van der Waals surface area contributed by atoms with Gasteiger partial charge < -0.3 is 18.6 Å². The Balaban J connectivity index is 1.76. The zero-order chi connectivity index (χ0) is 22.9. The van der Waals surface area contributed by atoms with Crippen LogP contribution < -0.4 is 9.16 Å². The summed E-state index contributed by atoms with van der Waals surface area (Å²) in [5.74, 6) is 1.71. The fraction of sp³-hybridized carbons (Fsp3) is 0.500. The summed E-state index contributed by atoms with van der Waals surface area (Å²) in [5.41, 5.74) is 2.91. The molecular weight excluding hydrogens is 418 g/mol. The number of benzene rings is 2. The molecule has 3 aromatic rings. The van der Waals surface area contributed by atoms with E-state index in [0.29, 0.717) is 6.61 Å². The molecule has 0 spiro atoms. The summed E-state index contributed by atoms with van der Waals surface area (Å²) in [5, 5.41) is 2.15. The summed E-state index contributed by atoms with van der Waals surface area (Å²) in [7, 11) is -0.360. The number of pyridine rings is 1. The molecule has 4 rings (SSSR count). The highest BCUT2D eigenvalue weighted by molar-refractivity contribution is 6.74. The SMILES string of the molecule is COc1ccc2nc3cc(COC4CCCCO4)cc(O[Si](C)(C)C(C)(C)C)c3cc2c1. The Morgan fingerprint density at radius 3 is 2.56 bits per heavy atom. The van der Waals surface area contributed by atoms with Crippen LogP contribution in [0.3, 0.4) is 0 Å². The number of fused-ring (bicyclic) bond motifs is 2. The van der Waals surface area contributed by atoms with Gasteiger partial charge in [0.05, 0.1) is 24.8 Å². The number of aromatic nitrogens is 1. The average Bonchev–Trinajstić information content (AvgIpc) is 2.76. The molecule has 0 aliphatic carbocycles. The molecule has 1 aliphatic heterocycles. The lowest BCUT2D eigenvalue weighted by molar-refractivity contribution is -0.168. The number of hydrogen-bond acceptors (Lipinski definition) is 5. The van der Waals surface area contributed by atoms with Crippen molar-refractivity contribution in [2.75, 3.05) is 13.7 Å². The number of hydrogen-bond donors (Lipinski definition) is 0. The Hall–Kier alpha value is -2.15. The quantitative estimate of drug-likeness (QED) is 0.303. The van der Waals surface area contributed by atoms with Crippen LogP contribution in [-0.4, -0.2) is 33.3 Å². The minimum atomic E-state index is -2.04. The Labute approximate surface area is 192 Å². The van der Waals surface area contributed by atoms with E-state index in [-0.39, 0.29) is 11.3 Å². The van der Waals surface area contributed by atoms with Gasteiger partial charge in [-0.3, -0.25) is 0 Å². The molecule has 2 heterocycles. The van der Waals surface area contributed by atoms with Crippen LogP contribution in [0.5, 0.6) is 11.5 Å². The van der Waals surface area contributed by atoms with E-state index < -0.39 is 8.32 Å². The predicted octanol–water partition coefficient (Wildman–Crippen LogP) is 6.82. The molecule has 0 radical (unpaired) electrons. The molecule has 1 unspecified atom stereocenters. The highest BCUT2D eigenvalue weighted by atomic mass is 28.4. The van der Waals surface area contributed by atoms with Gasteiger partial charge >= 0.3 is 0 Å². The Morgan fingerprint density at radius 2 is 1.88 bits per heavy atom. The van der Waals surface area contributed by atoms with E-state index in [0.717, 1.165) is 64.7 Å². The molecule has 1 atom stereocenters. The number of rotatable bonds is 6. The van der Waals surface area contributed by atoms with Crippen molar-refractivity contribution in [1.29, 1.82) is 0 Å². The lowest BCUT2D eigenvalue weighted by Gasteiger charge is -2.37. The highest BCUT2D eigenvalue weighted by Gasteiger charge is 2.39. The topological polar surface area (TPSA) is 49.8 Å².